The monoisotopic (exact) mass is 136 g/mol. The zero-order valence-corrected chi connectivity index (χ0v) is 5.82. The Bertz CT molecular complexity index is 31.8. The van der Waals surface area contributed by atoms with Gasteiger partial charge in [-0.15, -0.1) is 0 Å². The Labute approximate surface area is 64.5 Å². The molecule has 0 N–H and O–H groups in total. The molecular weight excluding hydrogens is 134 g/mol. The Morgan fingerprint density at radius 2 is 1.17 bits per heavy atom. The molecule has 0 radical (unpaired) electrons. The topological polar surface area (TPSA) is 63.2 Å². The molecule has 0 amide bonds. The van der Waals surface area contributed by atoms with Crippen LogP contribution in [-0.2, 0) is 3.78 Å². The van der Waals surface area contributed by atoms with Crippen LogP contribution in [0.25, 0.3) is 0 Å². The van der Waals surface area contributed by atoms with Gasteiger partial charge in [0.25, 0.3) is 0 Å². The zero-order chi connectivity index (χ0) is 3.58. The normalized spacial score (nSPS) is 4.00. The van der Waals surface area contributed by atoms with Gasteiger partial charge in [-0.05, 0) is 0 Å². The fourth-order valence-corrected chi connectivity index (χ4v) is 0. The molecular formula is GeLi2O3. The molecule has 0 atom stereocenters. The molecule has 6 heteroatoms. The van der Waals surface area contributed by atoms with Crippen molar-refractivity contribution in [1.29, 1.82) is 0 Å². The molecule has 0 fully saturated rings. The van der Waals surface area contributed by atoms with Gasteiger partial charge in [-0.25, -0.2) is 0 Å². The first-order valence-electron chi connectivity index (χ1n) is 0.612. The van der Waals surface area contributed by atoms with E-state index in [0.29, 0.717) is 0 Å². The van der Waals surface area contributed by atoms with Crippen LogP contribution in [0.15, 0.2) is 0 Å². The summed E-state index contributed by atoms with van der Waals surface area (Å²) in [5.74, 6) is 0. The van der Waals surface area contributed by atoms with E-state index in [1.807, 2.05) is 0 Å². The number of hydrogen-bond acceptors (Lipinski definition) is 3. The van der Waals surface area contributed by atoms with E-state index in [2.05, 4.69) is 0 Å². The fraction of sp³-hybridized carbons (Fsp3) is 0. The van der Waals surface area contributed by atoms with Crippen molar-refractivity contribution in [3.05, 3.63) is 0 Å². The van der Waals surface area contributed by atoms with E-state index in [1.54, 1.807) is 0 Å². The van der Waals surface area contributed by atoms with Crippen LogP contribution in [0.4, 0.5) is 0 Å². The van der Waals surface area contributed by atoms with E-state index >= 15 is 0 Å². The third-order valence-electron chi connectivity index (χ3n) is 0. The SMILES string of the molecule is [Li+].[Li+].[O]=[Ge]([O-])[O-]. The summed E-state index contributed by atoms with van der Waals surface area (Å²) in [6, 6.07) is 0. The molecule has 0 aromatic carbocycles. The summed E-state index contributed by atoms with van der Waals surface area (Å²) in [4.78, 5) is 0. The van der Waals surface area contributed by atoms with Crippen molar-refractivity contribution >= 4 is 15.0 Å². The molecule has 0 rings (SSSR count). The zero-order valence-electron chi connectivity index (χ0n) is 3.72. The van der Waals surface area contributed by atoms with Crippen molar-refractivity contribution in [2.75, 3.05) is 0 Å². The minimum atomic E-state index is -4.08. The Kier molecular flexibility index (Phi) is 24.8. The minimum absolute atomic E-state index is 0. The molecule has 0 aliphatic carbocycles. The molecule has 0 bridgehead atoms. The van der Waals surface area contributed by atoms with Gasteiger partial charge in [-0.3, -0.25) is 0 Å². The second-order valence-electron chi connectivity index (χ2n) is 0.250. The van der Waals surface area contributed by atoms with E-state index in [4.69, 9.17) is 12.0 Å². The van der Waals surface area contributed by atoms with Gasteiger partial charge in [0, 0.05) is 0 Å². The van der Waals surface area contributed by atoms with Crippen LogP contribution in [0.2, 0.25) is 0 Å². The van der Waals surface area contributed by atoms with Gasteiger partial charge >= 0.3 is 64.7 Å². The van der Waals surface area contributed by atoms with Crippen molar-refractivity contribution in [2.45, 2.75) is 0 Å². The summed E-state index contributed by atoms with van der Waals surface area (Å²) in [5, 5.41) is 0. The van der Waals surface area contributed by atoms with Gasteiger partial charge in [0.05, 0.1) is 0 Å². The summed E-state index contributed by atoms with van der Waals surface area (Å²) in [6.45, 7) is 0. The van der Waals surface area contributed by atoms with Crippen LogP contribution in [0.5, 0.6) is 0 Å². The van der Waals surface area contributed by atoms with Gasteiger partial charge in [0.1, 0.15) is 0 Å². The van der Waals surface area contributed by atoms with Crippen molar-refractivity contribution in [2.24, 2.45) is 0 Å². The summed E-state index contributed by atoms with van der Waals surface area (Å²) >= 11 is -4.08. The quantitative estimate of drug-likeness (QED) is 0.309. The van der Waals surface area contributed by atoms with Crippen LogP contribution in [-0.4, -0.2) is 15.0 Å². The molecule has 0 aliphatic heterocycles. The van der Waals surface area contributed by atoms with Crippen molar-refractivity contribution in [3.8, 4) is 0 Å². The van der Waals surface area contributed by atoms with Gasteiger partial charge in [-0.1, -0.05) is 0 Å². The molecule has 0 aromatic heterocycles. The summed E-state index contributed by atoms with van der Waals surface area (Å²) in [7, 11) is 0. The molecule has 0 saturated carbocycles. The Morgan fingerprint density at radius 1 is 1.17 bits per heavy atom. The second kappa shape index (κ2) is 9.46. The Hall–Kier alpha value is 1.14. The van der Waals surface area contributed by atoms with E-state index in [9.17, 15) is 0 Å². The van der Waals surface area contributed by atoms with E-state index in [0.717, 1.165) is 0 Å². The first-order chi connectivity index (χ1) is 1.73. The molecule has 0 saturated heterocycles. The Morgan fingerprint density at radius 3 is 1.17 bits per heavy atom. The van der Waals surface area contributed by atoms with Crippen LogP contribution in [0, 0.1) is 0 Å². The maximum atomic E-state index is 8.58. The average molecular weight is 134 g/mol. The van der Waals surface area contributed by atoms with Gasteiger partial charge in [0.15, 0.2) is 0 Å². The van der Waals surface area contributed by atoms with E-state index < -0.39 is 15.0 Å². The first-order valence-corrected chi connectivity index (χ1v) is 3.18. The molecule has 6 heavy (non-hydrogen) atoms. The number of rotatable bonds is 0. The van der Waals surface area contributed by atoms with Crippen molar-refractivity contribution < 1.29 is 49.8 Å². The van der Waals surface area contributed by atoms with Crippen LogP contribution in [0.1, 0.15) is 0 Å². The van der Waals surface area contributed by atoms with Gasteiger partial charge < -0.3 is 0 Å². The van der Waals surface area contributed by atoms with Gasteiger partial charge in [-0.2, -0.15) is 0 Å². The van der Waals surface area contributed by atoms with Crippen LogP contribution >= 0.6 is 0 Å². The second-order valence-corrected chi connectivity index (χ2v) is 1.30. The standard InChI is InChI=1S/GeO3.2Li/c2-1(3)4;;/q-2;2*+1. The van der Waals surface area contributed by atoms with E-state index in [-0.39, 0.29) is 37.7 Å². The Balaban J connectivity index is -0.0000000450. The number of hydrogen-bond donors (Lipinski definition) is 0. The molecule has 3 nitrogen and oxygen atoms in total. The van der Waals surface area contributed by atoms with Gasteiger partial charge in [0.2, 0.25) is 0 Å². The summed E-state index contributed by atoms with van der Waals surface area (Å²) in [6.07, 6.45) is 0. The van der Waals surface area contributed by atoms with Crippen LogP contribution < -0.4 is 46.0 Å². The fourth-order valence-electron chi connectivity index (χ4n) is 0. The molecule has 0 spiro atoms. The third kappa shape index (κ3) is 68.0. The van der Waals surface area contributed by atoms with Crippen LogP contribution in [0.3, 0.4) is 0 Å². The molecule has 0 heterocycles. The summed E-state index contributed by atoms with van der Waals surface area (Å²) < 4.78 is 25.8. The molecule has 24 valence electrons. The van der Waals surface area contributed by atoms with E-state index in [1.165, 1.54) is 0 Å². The first kappa shape index (κ1) is 15.7. The maximum absolute atomic E-state index is 8.58. The molecule has 0 aliphatic rings. The predicted molar refractivity (Wildman–Crippen MR) is 6.44 cm³/mol. The van der Waals surface area contributed by atoms with Crippen molar-refractivity contribution in [1.82, 2.24) is 0 Å². The van der Waals surface area contributed by atoms with Crippen molar-refractivity contribution in [3.63, 3.8) is 0 Å². The predicted octanol–water partition coefficient (Wildman–Crippen LogP) is -8.87. The molecule has 0 aromatic rings. The average Bonchev–Trinajstić information content (AvgIpc) is 0.811. The summed E-state index contributed by atoms with van der Waals surface area (Å²) in [5.41, 5.74) is 0. The third-order valence-corrected chi connectivity index (χ3v) is 0. The molecule has 0 unspecified atom stereocenters.